The number of nitrogens with zero attached hydrogens (tertiary/aromatic N) is 1. The van der Waals surface area contributed by atoms with Crippen molar-refractivity contribution in [2.24, 2.45) is 17.4 Å². The van der Waals surface area contributed by atoms with Crippen molar-refractivity contribution in [2.45, 2.75) is 51.2 Å². The van der Waals surface area contributed by atoms with Gasteiger partial charge in [-0.2, -0.15) is 0 Å². The molecule has 3 amide bonds. The summed E-state index contributed by atoms with van der Waals surface area (Å²) in [6.07, 6.45) is 0.663. The number of carboxylic acid groups (broad SMARTS) is 1. The first-order valence-corrected chi connectivity index (χ1v) is 7.52. The number of primary amides is 1. The SMILES string of the molecule is CC(C)C(NC(=O)C(N)CC(N)=O)C(=O)N1CCCC1C(=O)O. The van der Waals surface area contributed by atoms with Crippen LogP contribution in [-0.2, 0) is 19.2 Å². The lowest BCUT2D eigenvalue weighted by molar-refractivity contribution is -0.150. The van der Waals surface area contributed by atoms with Gasteiger partial charge in [-0.25, -0.2) is 4.79 Å². The van der Waals surface area contributed by atoms with Crippen molar-refractivity contribution in [3.8, 4) is 0 Å². The van der Waals surface area contributed by atoms with E-state index in [4.69, 9.17) is 16.6 Å². The first-order valence-electron chi connectivity index (χ1n) is 7.52. The highest BCUT2D eigenvalue weighted by Crippen LogP contribution is 2.20. The summed E-state index contributed by atoms with van der Waals surface area (Å²) in [4.78, 5) is 47.9. The van der Waals surface area contributed by atoms with Crippen LogP contribution in [0.4, 0.5) is 0 Å². The van der Waals surface area contributed by atoms with Crippen LogP contribution in [0.2, 0.25) is 0 Å². The van der Waals surface area contributed by atoms with Crippen LogP contribution >= 0.6 is 0 Å². The Balaban J connectivity index is 2.81. The van der Waals surface area contributed by atoms with Crippen molar-refractivity contribution >= 4 is 23.7 Å². The zero-order valence-corrected chi connectivity index (χ0v) is 13.3. The van der Waals surface area contributed by atoms with Crippen molar-refractivity contribution in [1.82, 2.24) is 10.2 Å². The van der Waals surface area contributed by atoms with Crippen LogP contribution in [0.25, 0.3) is 0 Å². The minimum Gasteiger partial charge on any atom is -0.480 e. The van der Waals surface area contributed by atoms with E-state index in [1.165, 1.54) is 4.90 Å². The molecule has 1 aliphatic rings. The summed E-state index contributed by atoms with van der Waals surface area (Å²) >= 11 is 0. The summed E-state index contributed by atoms with van der Waals surface area (Å²) in [5.74, 6) is -3.16. The van der Waals surface area contributed by atoms with Gasteiger partial charge < -0.3 is 26.8 Å². The Kier molecular flexibility index (Phi) is 6.49. The molecule has 1 heterocycles. The molecule has 0 aromatic heterocycles. The summed E-state index contributed by atoms with van der Waals surface area (Å²) in [7, 11) is 0. The Morgan fingerprint density at radius 2 is 1.91 bits per heavy atom. The molecule has 9 heteroatoms. The standard InChI is InChI=1S/C14H24N4O5/c1-7(2)11(17-12(20)8(15)6-10(16)19)13(21)18-5-3-4-9(18)14(22)23/h7-9,11H,3-6,15H2,1-2H3,(H2,16,19)(H,17,20)(H,22,23). The van der Waals surface area contributed by atoms with Crippen LogP contribution in [0, 0.1) is 5.92 Å². The minimum absolute atomic E-state index is 0.262. The molecule has 0 aliphatic carbocycles. The fraction of sp³-hybridized carbons (Fsp3) is 0.714. The van der Waals surface area contributed by atoms with E-state index in [2.05, 4.69) is 5.32 Å². The average Bonchev–Trinajstić information content (AvgIpc) is 2.92. The van der Waals surface area contributed by atoms with Crippen LogP contribution in [0.15, 0.2) is 0 Å². The molecule has 1 aliphatic heterocycles. The van der Waals surface area contributed by atoms with Gasteiger partial charge >= 0.3 is 5.97 Å². The molecule has 0 aromatic rings. The van der Waals surface area contributed by atoms with E-state index in [1.54, 1.807) is 13.8 Å². The maximum atomic E-state index is 12.6. The van der Waals surface area contributed by atoms with Crippen molar-refractivity contribution in [2.75, 3.05) is 6.54 Å². The van der Waals surface area contributed by atoms with Crippen LogP contribution in [0.3, 0.4) is 0 Å². The number of nitrogens with two attached hydrogens (primary N) is 2. The van der Waals surface area contributed by atoms with Crippen LogP contribution in [0.1, 0.15) is 33.1 Å². The number of likely N-dealkylation sites (tertiary alicyclic amines) is 1. The average molecular weight is 328 g/mol. The maximum absolute atomic E-state index is 12.6. The summed E-state index contributed by atoms with van der Waals surface area (Å²) in [6.45, 7) is 3.80. The molecular weight excluding hydrogens is 304 g/mol. The largest absolute Gasteiger partial charge is 0.480 e. The molecule has 3 unspecified atom stereocenters. The van der Waals surface area contributed by atoms with Gasteiger partial charge in [0.05, 0.1) is 12.5 Å². The van der Waals surface area contributed by atoms with Gasteiger partial charge in [0.15, 0.2) is 0 Å². The van der Waals surface area contributed by atoms with Gasteiger partial charge in [0, 0.05) is 6.54 Å². The van der Waals surface area contributed by atoms with E-state index in [0.29, 0.717) is 19.4 Å². The van der Waals surface area contributed by atoms with Crippen molar-refractivity contribution < 1.29 is 24.3 Å². The van der Waals surface area contributed by atoms with Crippen molar-refractivity contribution in [3.05, 3.63) is 0 Å². The van der Waals surface area contributed by atoms with Gasteiger partial charge in [-0.05, 0) is 18.8 Å². The van der Waals surface area contributed by atoms with Crippen LogP contribution in [0.5, 0.6) is 0 Å². The zero-order valence-electron chi connectivity index (χ0n) is 13.3. The second-order valence-corrected chi connectivity index (χ2v) is 6.04. The van der Waals surface area contributed by atoms with Gasteiger partial charge in [0.1, 0.15) is 12.1 Å². The quantitative estimate of drug-likeness (QED) is 0.441. The molecule has 130 valence electrons. The van der Waals surface area contributed by atoms with Gasteiger partial charge in [-0.15, -0.1) is 0 Å². The number of carboxylic acids is 1. The molecule has 6 N–H and O–H groups in total. The Labute approximate surface area is 134 Å². The summed E-state index contributed by atoms with van der Waals surface area (Å²) in [6, 6.07) is -2.92. The fourth-order valence-electron chi connectivity index (χ4n) is 2.55. The highest BCUT2D eigenvalue weighted by Gasteiger charge is 2.38. The summed E-state index contributed by atoms with van der Waals surface area (Å²) in [5.41, 5.74) is 10.6. The zero-order chi connectivity index (χ0) is 17.7. The van der Waals surface area contributed by atoms with Crippen LogP contribution in [-0.4, -0.2) is 58.4 Å². The van der Waals surface area contributed by atoms with Crippen molar-refractivity contribution in [1.29, 1.82) is 0 Å². The third-order valence-corrected chi connectivity index (χ3v) is 3.81. The molecule has 0 bridgehead atoms. The molecule has 23 heavy (non-hydrogen) atoms. The molecule has 1 rings (SSSR count). The molecule has 1 fully saturated rings. The Morgan fingerprint density at radius 3 is 2.39 bits per heavy atom. The molecule has 0 saturated carbocycles. The van der Waals surface area contributed by atoms with Crippen LogP contribution < -0.4 is 16.8 Å². The Bertz CT molecular complexity index is 494. The van der Waals surface area contributed by atoms with Gasteiger partial charge in [-0.3, -0.25) is 14.4 Å². The normalized spacial score (nSPS) is 20.2. The minimum atomic E-state index is -1.14. The number of amides is 3. The third-order valence-electron chi connectivity index (χ3n) is 3.81. The topological polar surface area (TPSA) is 156 Å². The number of hydrogen-bond donors (Lipinski definition) is 4. The fourth-order valence-corrected chi connectivity index (χ4v) is 2.55. The lowest BCUT2D eigenvalue weighted by Gasteiger charge is -2.30. The lowest BCUT2D eigenvalue weighted by Crippen LogP contribution is -2.56. The van der Waals surface area contributed by atoms with E-state index in [9.17, 15) is 19.2 Å². The van der Waals surface area contributed by atoms with E-state index in [1.807, 2.05) is 0 Å². The summed E-state index contributed by atoms with van der Waals surface area (Å²) < 4.78 is 0. The third kappa shape index (κ3) is 4.92. The predicted molar refractivity (Wildman–Crippen MR) is 80.9 cm³/mol. The second kappa shape index (κ2) is 7.91. The molecule has 9 nitrogen and oxygen atoms in total. The predicted octanol–water partition coefficient (Wildman–Crippen LogP) is -1.59. The molecular formula is C14H24N4O5. The number of rotatable bonds is 7. The number of hydrogen-bond acceptors (Lipinski definition) is 5. The van der Waals surface area contributed by atoms with Gasteiger partial charge in [0.25, 0.3) is 0 Å². The highest BCUT2D eigenvalue weighted by atomic mass is 16.4. The van der Waals surface area contributed by atoms with E-state index < -0.39 is 41.8 Å². The Hall–Kier alpha value is -2.16. The molecule has 1 saturated heterocycles. The highest BCUT2D eigenvalue weighted by molar-refractivity contribution is 5.93. The number of aliphatic carboxylic acids is 1. The first-order chi connectivity index (χ1) is 10.6. The molecule has 0 radical (unpaired) electrons. The second-order valence-electron chi connectivity index (χ2n) is 6.04. The maximum Gasteiger partial charge on any atom is 0.326 e. The van der Waals surface area contributed by atoms with Gasteiger partial charge in [-0.1, -0.05) is 13.8 Å². The monoisotopic (exact) mass is 328 g/mol. The number of nitrogens with one attached hydrogen (secondary N) is 1. The number of carbonyl (C=O) groups is 4. The van der Waals surface area contributed by atoms with E-state index in [0.717, 1.165) is 0 Å². The first kappa shape index (κ1) is 18.9. The lowest BCUT2D eigenvalue weighted by atomic mass is 10.0. The molecule has 3 atom stereocenters. The molecule has 0 aromatic carbocycles. The number of carbonyl (C=O) groups excluding carboxylic acids is 3. The van der Waals surface area contributed by atoms with E-state index in [-0.39, 0.29) is 12.3 Å². The Morgan fingerprint density at radius 1 is 1.30 bits per heavy atom. The smallest absolute Gasteiger partial charge is 0.326 e. The van der Waals surface area contributed by atoms with E-state index >= 15 is 0 Å². The van der Waals surface area contributed by atoms with Crippen molar-refractivity contribution in [3.63, 3.8) is 0 Å². The summed E-state index contributed by atoms with van der Waals surface area (Å²) in [5, 5.41) is 11.7. The van der Waals surface area contributed by atoms with Gasteiger partial charge in [0.2, 0.25) is 17.7 Å². The molecule has 0 spiro atoms.